The number of methoxy groups -OCH3 is 2. The van der Waals surface area contributed by atoms with Gasteiger partial charge in [0.2, 0.25) is 0 Å². The maximum absolute atomic E-state index is 11.6. The molecule has 0 saturated carbocycles. The van der Waals surface area contributed by atoms with Gasteiger partial charge >= 0.3 is 5.97 Å². The minimum atomic E-state index is -0.970. The Hall–Kier alpha value is -1.63. The lowest BCUT2D eigenvalue weighted by Crippen LogP contribution is -2.38. The number of nitrogens with zero attached hydrogens (tertiary/aromatic N) is 1. The Morgan fingerprint density at radius 1 is 1.25 bits per heavy atom. The zero-order chi connectivity index (χ0) is 15.0. The van der Waals surface area contributed by atoms with E-state index in [0.29, 0.717) is 31.9 Å². The number of carboxylic acids is 1. The maximum atomic E-state index is 11.6. The number of phenols is 1. The minimum Gasteiger partial charge on any atom is -0.508 e. The lowest BCUT2D eigenvalue weighted by Gasteiger charge is -2.28. The van der Waals surface area contributed by atoms with Gasteiger partial charge in [0.1, 0.15) is 11.8 Å². The van der Waals surface area contributed by atoms with Gasteiger partial charge in [0.25, 0.3) is 0 Å². The summed E-state index contributed by atoms with van der Waals surface area (Å²) < 4.78 is 10.0. The van der Waals surface area contributed by atoms with E-state index in [1.54, 1.807) is 31.3 Å². The number of carbonyl (C=O) groups is 1. The lowest BCUT2D eigenvalue weighted by molar-refractivity contribution is -0.144. The van der Waals surface area contributed by atoms with Gasteiger partial charge in [-0.05, 0) is 17.7 Å². The zero-order valence-electron chi connectivity index (χ0n) is 11.8. The van der Waals surface area contributed by atoms with Crippen LogP contribution in [0.4, 0.5) is 0 Å². The van der Waals surface area contributed by atoms with Crippen LogP contribution in [0.25, 0.3) is 0 Å². The number of hydrogen-bond donors (Lipinski definition) is 2. The molecule has 0 aliphatic carbocycles. The predicted molar refractivity (Wildman–Crippen MR) is 73.8 cm³/mol. The molecule has 112 valence electrons. The molecule has 0 spiro atoms. The fraction of sp³-hybridized carbons (Fsp3) is 0.500. The van der Waals surface area contributed by atoms with E-state index < -0.39 is 12.0 Å². The van der Waals surface area contributed by atoms with Crippen molar-refractivity contribution in [1.29, 1.82) is 0 Å². The Morgan fingerprint density at radius 3 is 2.30 bits per heavy atom. The molecule has 1 unspecified atom stereocenters. The van der Waals surface area contributed by atoms with Crippen molar-refractivity contribution in [3.05, 3.63) is 29.8 Å². The third kappa shape index (κ3) is 4.80. The molecule has 0 bridgehead atoms. The van der Waals surface area contributed by atoms with Crippen molar-refractivity contribution in [3.8, 4) is 5.75 Å². The summed E-state index contributed by atoms with van der Waals surface area (Å²) in [5.74, 6) is -0.921. The minimum absolute atomic E-state index is 0.0483. The average Bonchev–Trinajstić information content (AvgIpc) is 2.41. The van der Waals surface area contributed by atoms with Crippen LogP contribution in [-0.4, -0.2) is 61.6 Å². The van der Waals surface area contributed by atoms with Crippen molar-refractivity contribution < 1.29 is 24.5 Å². The Kier molecular flexibility index (Phi) is 7.00. The van der Waals surface area contributed by atoms with E-state index in [0.717, 1.165) is 0 Å². The van der Waals surface area contributed by atoms with Gasteiger partial charge in [0, 0.05) is 27.3 Å². The summed E-state index contributed by atoms with van der Waals surface area (Å²) in [6.07, 6.45) is 0. The molecule has 0 saturated heterocycles. The topological polar surface area (TPSA) is 79.2 Å². The second-order valence-corrected chi connectivity index (χ2v) is 4.36. The van der Waals surface area contributed by atoms with Gasteiger partial charge in [0.05, 0.1) is 13.2 Å². The van der Waals surface area contributed by atoms with Gasteiger partial charge in [-0.1, -0.05) is 12.1 Å². The highest BCUT2D eigenvalue weighted by atomic mass is 16.5. The number of hydrogen-bond acceptors (Lipinski definition) is 5. The summed E-state index contributed by atoms with van der Waals surface area (Å²) in [6, 6.07) is 5.45. The third-order valence-corrected chi connectivity index (χ3v) is 2.95. The molecule has 1 aromatic rings. The molecule has 0 fully saturated rings. The van der Waals surface area contributed by atoms with E-state index >= 15 is 0 Å². The molecule has 2 N–H and O–H groups in total. The monoisotopic (exact) mass is 283 g/mol. The maximum Gasteiger partial charge on any atom is 0.325 e. The summed E-state index contributed by atoms with van der Waals surface area (Å²) in [4.78, 5) is 13.3. The fourth-order valence-corrected chi connectivity index (χ4v) is 1.99. The van der Waals surface area contributed by atoms with Crippen molar-refractivity contribution in [3.63, 3.8) is 0 Å². The largest absolute Gasteiger partial charge is 0.508 e. The van der Waals surface area contributed by atoms with Gasteiger partial charge in [0.15, 0.2) is 0 Å². The zero-order valence-corrected chi connectivity index (χ0v) is 11.8. The summed E-state index contributed by atoms with van der Waals surface area (Å²) in [7, 11) is 3.14. The van der Waals surface area contributed by atoms with Gasteiger partial charge in [-0.15, -0.1) is 0 Å². The standard InChI is InChI=1S/C14H21NO5/c1-19-8-6-15(7-9-20-2)13(14(17)18)11-4-3-5-12(16)10-11/h3-5,10,13,16H,6-9H2,1-2H3,(H,17,18). The number of phenolic OH excluding ortho intramolecular Hbond substituents is 1. The Labute approximate surface area is 118 Å². The molecular formula is C14H21NO5. The quantitative estimate of drug-likeness (QED) is 0.707. The number of benzene rings is 1. The van der Waals surface area contributed by atoms with Crippen LogP contribution >= 0.6 is 0 Å². The number of ether oxygens (including phenoxy) is 2. The normalized spacial score (nSPS) is 12.6. The van der Waals surface area contributed by atoms with Gasteiger partial charge in [-0.3, -0.25) is 9.69 Å². The SMILES string of the molecule is COCCN(CCOC)C(C(=O)O)c1cccc(O)c1. The van der Waals surface area contributed by atoms with Gasteiger partial charge in [-0.2, -0.15) is 0 Å². The Balaban J connectivity index is 2.97. The fourth-order valence-electron chi connectivity index (χ4n) is 1.99. The van der Waals surface area contributed by atoms with Crippen LogP contribution < -0.4 is 0 Å². The van der Waals surface area contributed by atoms with Crippen LogP contribution in [-0.2, 0) is 14.3 Å². The second-order valence-electron chi connectivity index (χ2n) is 4.36. The molecule has 0 aromatic heterocycles. The molecule has 6 heteroatoms. The molecule has 0 aliphatic heterocycles. The first kappa shape index (κ1) is 16.4. The first-order chi connectivity index (χ1) is 9.60. The van der Waals surface area contributed by atoms with Crippen LogP contribution in [0.3, 0.4) is 0 Å². The van der Waals surface area contributed by atoms with E-state index in [1.807, 2.05) is 0 Å². The van der Waals surface area contributed by atoms with Gasteiger partial charge < -0.3 is 19.7 Å². The second kappa shape index (κ2) is 8.52. The number of carboxylic acid groups (broad SMARTS) is 1. The van der Waals surface area contributed by atoms with Crippen molar-refractivity contribution >= 4 is 5.97 Å². The molecule has 6 nitrogen and oxygen atoms in total. The van der Waals surface area contributed by atoms with E-state index in [9.17, 15) is 15.0 Å². The van der Waals surface area contributed by atoms with E-state index in [-0.39, 0.29) is 5.75 Å². The van der Waals surface area contributed by atoms with E-state index in [1.165, 1.54) is 12.1 Å². The predicted octanol–water partition coefficient (Wildman–Crippen LogP) is 1.11. The van der Waals surface area contributed by atoms with Crippen molar-refractivity contribution in [2.24, 2.45) is 0 Å². The first-order valence-corrected chi connectivity index (χ1v) is 6.33. The van der Waals surface area contributed by atoms with Crippen molar-refractivity contribution in [2.75, 3.05) is 40.5 Å². The van der Waals surface area contributed by atoms with Crippen LogP contribution in [0.15, 0.2) is 24.3 Å². The molecule has 20 heavy (non-hydrogen) atoms. The lowest BCUT2D eigenvalue weighted by atomic mass is 10.0. The number of aliphatic carboxylic acids is 1. The van der Waals surface area contributed by atoms with Gasteiger partial charge in [-0.25, -0.2) is 0 Å². The average molecular weight is 283 g/mol. The van der Waals surface area contributed by atoms with Crippen LogP contribution in [0, 0.1) is 0 Å². The summed E-state index contributed by atoms with van der Waals surface area (Å²) in [6.45, 7) is 1.78. The van der Waals surface area contributed by atoms with Crippen LogP contribution in [0.1, 0.15) is 11.6 Å². The van der Waals surface area contributed by atoms with Crippen molar-refractivity contribution in [2.45, 2.75) is 6.04 Å². The third-order valence-electron chi connectivity index (χ3n) is 2.95. The van der Waals surface area contributed by atoms with Crippen LogP contribution in [0.2, 0.25) is 0 Å². The number of rotatable bonds is 9. The van der Waals surface area contributed by atoms with E-state index in [2.05, 4.69) is 0 Å². The molecule has 0 heterocycles. The highest BCUT2D eigenvalue weighted by Crippen LogP contribution is 2.24. The van der Waals surface area contributed by atoms with Crippen LogP contribution in [0.5, 0.6) is 5.75 Å². The molecule has 0 amide bonds. The summed E-state index contributed by atoms with van der Waals surface area (Å²) in [5.41, 5.74) is 0.532. The molecule has 0 radical (unpaired) electrons. The first-order valence-electron chi connectivity index (χ1n) is 6.33. The molecule has 1 aromatic carbocycles. The molecule has 0 aliphatic rings. The molecular weight excluding hydrogens is 262 g/mol. The van der Waals surface area contributed by atoms with E-state index in [4.69, 9.17) is 9.47 Å². The summed E-state index contributed by atoms with van der Waals surface area (Å²) >= 11 is 0. The number of aromatic hydroxyl groups is 1. The van der Waals surface area contributed by atoms with Crippen molar-refractivity contribution in [1.82, 2.24) is 4.90 Å². The highest BCUT2D eigenvalue weighted by molar-refractivity contribution is 5.75. The summed E-state index contributed by atoms with van der Waals surface area (Å²) in [5, 5.41) is 19.0. The highest BCUT2D eigenvalue weighted by Gasteiger charge is 2.27. The smallest absolute Gasteiger partial charge is 0.325 e. The molecule has 1 atom stereocenters. The molecule has 1 rings (SSSR count). The Bertz CT molecular complexity index is 416. The Morgan fingerprint density at radius 2 is 1.85 bits per heavy atom.